The molecule has 6 aromatic rings. The van der Waals surface area contributed by atoms with Gasteiger partial charge in [0.1, 0.15) is 28.1 Å². The summed E-state index contributed by atoms with van der Waals surface area (Å²) in [4.78, 5) is 0. The summed E-state index contributed by atoms with van der Waals surface area (Å²) in [7, 11) is -1.28. The summed E-state index contributed by atoms with van der Waals surface area (Å²) in [6.07, 6.45) is 0. The number of para-hydroxylation sites is 2. The predicted octanol–water partition coefficient (Wildman–Crippen LogP) is 9.67. The maximum atomic E-state index is 9.96. The average molecular weight is 747 g/mol. The van der Waals surface area contributed by atoms with Crippen LogP contribution in [0.1, 0.15) is 56.8 Å². The third kappa shape index (κ3) is 7.63. The minimum atomic E-state index is -1.00. The molecule has 0 unspecified atom stereocenters. The van der Waals surface area contributed by atoms with Gasteiger partial charge in [-0.15, -0.1) is 0 Å². The second-order valence-electron chi connectivity index (χ2n) is 14.0. The van der Waals surface area contributed by atoms with Crippen molar-refractivity contribution in [1.29, 1.82) is 0 Å². The Morgan fingerprint density at radius 1 is 0.620 bits per heavy atom. The Morgan fingerprint density at radius 2 is 1.00 bits per heavy atom. The molecule has 13 heteroatoms. The van der Waals surface area contributed by atoms with Gasteiger partial charge in [0.25, 0.3) is 0 Å². The van der Waals surface area contributed by atoms with Crippen LogP contribution in [0.3, 0.4) is 0 Å². The van der Waals surface area contributed by atoms with E-state index in [4.69, 9.17) is 38.5 Å². The Morgan fingerprint density at radius 3 is 1.44 bits per heavy atom. The molecule has 50 heavy (non-hydrogen) atoms. The summed E-state index contributed by atoms with van der Waals surface area (Å²) in [6.45, 7) is 16.2. The maximum absolute atomic E-state index is 9.96. The molecule has 2 fully saturated rings. The van der Waals surface area contributed by atoms with Crippen molar-refractivity contribution in [3.63, 3.8) is 0 Å². The third-order valence-electron chi connectivity index (χ3n) is 9.64. The van der Waals surface area contributed by atoms with Crippen LogP contribution in [0.2, 0.25) is 0 Å². The SMILES string of the molecule is Brc1ccc2oc3ccccc3c2c1.CC1(C)OB(B2OC(C)(C)C(C)(C)O2)OC1(C)C.O[B]Oc1ccc2oc3ccccc3c2c1.[2H]CF. The molecule has 2 aromatic heterocycles. The fourth-order valence-electron chi connectivity index (χ4n) is 5.54. The van der Waals surface area contributed by atoms with Gasteiger partial charge >= 0.3 is 21.7 Å². The Hall–Kier alpha value is -3.32. The number of halogens is 2. The lowest BCUT2D eigenvalue weighted by Crippen LogP contribution is -2.41. The first-order valence-electron chi connectivity index (χ1n) is 16.9. The van der Waals surface area contributed by atoms with Gasteiger partial charge in [-0.25, -0.2) is 0 Å². The predicted molar refractivity (Wildman–Crippen MR) is 203 cm³/mol. The molecule has 4 heterocycles. The quantitative estimate of drug-likeness (QED) is 0.179. The summed E-state index contributed by atoms with van der Waals surface area (Å²) in [6, 6.07) is 27.4. The van der Waals surface area contributed by atoms with Crippen molar-refractivity contribution in [2.45, 2.75) is 77.8 Å². The van der Waals surface area contributed by atoms with Crippen molar-refractivity contribution in [1.82, 2.24) is 0 Å². The molecular formula is C37H42B3BrFO8. The van der Waals surface area contributed by atoms with E-state index in [2.05, 4.69) is 28.1 Å². The molecule has 0 spiro atoms. The molecule has 0 bridgehead atoms. The smallest absolute Gasteiger partial charge is 0.537 e. The zero-order valence-electron chi connectivity index (χ0n) is 30.6. The van der Waals surface area contributed by atoms with Crippen molar-refractivity contribution >= 4 is 81.5 Å². The number of fused-ring (bicyclic) bond motifs is 6. The van der Waals surface area contributed by atoms with Gasteiger partial charge in [-0.1, -0.05) is 52.3 Å². The first-order chi connectivity index (χ1) is 24.0. The van der Waals surface area contributed by atoms with Crippen LogP contribution in [0.15, 0.2) is 98.2 Å². The van der Waals surface area contributed by atoms with E-state index in [1.165, 1.54) is 5.39 Å². The fraction of sp³-hybridized carbons (Fsp3) is 0.351. The van der Waals surface area contributed by atoms with Crippen LogP contribution in [0, 0.1) is 0 Å². The lowest BCUT2D eigenvalue weighted by atomic mass is 9.49. The number of alkyl halides is 1. The Labute approximate surface area is 303 Å². The zero-order valence-corrected chi connectivity index (χ0v) is 31.2. The second-order valence-corrected chi connectivity index (χ2v) is 14.9. The van der Waals surface area contributed by atoms with E-state index >= 15 is 0 Å². The van der Waals surface area contributed by atoms with Crippen LogP contribution >= 0.6 is 15.9 Å². The molecule has 0 saturated carbocycles. The van der Waals surface area contributed by atoms with Crippen molar-refractivity contribution in [2.75, 3.05) is 7.15 Å². The Kier molecular flexibility index (Phi) is 10.7. The molecule has 261 valence electrons. The maximum Gasteiger partial charge on any atom is 0.569 e. The van der Waals surface area contributed by atoms with E-state index in [1.807, 2.05) is 122 Å². The van der Waals surface area contributed by atoms with Gasteiger partial charge < -0.3 is 37.1 Å². The Balaban J connectivity index is 0.000000143. The highest BCUT2D eigenvalue weighted by molar-refractivity contribution is 9.10. The van der Waals surface area contributed by atoms with E-state index in [1.54, 1.807) is 6.07 Å². The van der Waals surface area contributed by atoms with E-state index in [0.717, 1.165) is 43.0 Å². The standard InChI is InChI=1S/C12H24B2O4.C12H8BO3.C12H7BrO.CH3F/c1-9(2)10(3,4)16-13(15-9)14-17-11(5,6)12(7,8)18-14;14-13-16-8-5-6-12-10(7-8)9-3-1-2-4-11(9)15-12;13-8-5-6-12-10(7-8)9-3-1-2-4-11(9)14-12;1-2/h1-8H3;1-7,14H;1-7H;1H3/i;;;1D. The molecule has 1 N–H and O–H groups in total. The minimum Gasteiger partial charge on any atom is -0.537 e. The van der Waals surface area contributed by atoms with Crippen molar-refractivity contribution in [3.05, 3.63) is 89.4 Å². The van der Waals surface area contributed by atoms with Crippen LogP contribution in [0.4, 0.5) is 4.39 Å². The normalized spacial score (nSPS) is 18.5. The number of rotatable bonds is 3. The third-order valence-corrected chi connectivity index (χ3v) is 10.1. The van der Waals surface area contributed by atoms with Crippen LogP contribution in [-0.2, 0) is 18.6 Å². The number of furan rings is 2. The van der Waals surface area contributed by atoms with Crippen LogP contribution < -0.4 is 4.65 Å². The van der Waals surface area contributed by atoms with Crippen LogP contribution in [-0.4, -0.2) is 56.3 Å². The summed E-state index contributed by atoms with van der Waals surface area (Å²) in [5.74, 6) is 0.585. The van der Waals surface area contributed by atoms with Gasteiger partial charge in [0.05, 0.1) is 30.9 Å². The molecule has 4 aromatic carbocycles. The van der Waals surface area contributed by atoms with Gasteiger partial charge in [0, 0.05) is 26.0 Å². The molecule has 2 aliphatic heterocycles. The van der Waals surface area contributed by atoms with Crippen molar-refractivity contribution < 1.29 is 42.9 Å². The Bertz CT molecular complexity index is 2030. The van der Waals surface area contributed by atoms with Crippen molar-refractivity contribution in [3.8, 4) is 5.75 Å². The zero-order chi connectivity index (χ0) is 37.2. The van der Waals surface area contributed by atoms with Crippen LogP contribution in [0.5, 0.6) is 5.75 Å². The lowest BCUT2D eigenvalue weighted by molar-refractivity contribution is 0.00578. The summed E-state index contributed by atoms with van der Waals surface area (Å²) < 4.78 is 56.7. The molecule has 0 amide bonds. The highest BCUT2D eigenvalue weighted by atomic mass is 79.9. The van der Waals surface area contributed by atoms with Gasteiger partial charge in [-0.05, 0) is 104 Å². The van der Waals surface area contributed by atoms with Crippen LogP contribution in [0.25, 0.3) is 43.9 Å². The summed E-state index contributed by atoms with van der Waals surface area (Å²) >= 11 is 3.46. The monoisotopic (exact) mass is 746 g/mol. The van der Waals surface area contributed by atoms with E-state index in [9.17, 15) is 4.39 Å². The number of hydrogen-bond acceptors (Lipinski definition) is 8. The fourth-order valence-corrected chi connectivity index (χ4v) is 5.90. The van der Waals surface area contributed by atoms with E-state index < -0.39 is 21.2 Å². The molecule has 2 saturated heterocycles. The molecular weight excluding hydrogens is 704 g/mol. The number of hydrogen-bond donors (Lipinski definition) is 1. The molecule has 1 radical (unpaired) electrons. The van der Waals surface area contributed by atoms with Gasteiger partial charge in [0.15, 0.2) is 0 Å². The van der Waals surface area contributed by atoms with Gasteiger partial charge in [0.2, 0.25) is 0 Å². The molecule has 0 atom stereocenters. The highest BCUT2D eigenvalue weighted by Crippen LogP contribution is 2.43. The molecule has 8 rings (SSSR count). The van der Waals surface area contributed by atoms with Gasteiger partial charge in [-0.3, -0.25) is 4.39 Å². The summed E-state index contributed by atoms with van der Waals surface area (Å²) in [5.41, 5.74) is 2.11. The van der Waals surface area contributed by atoms with E-state index in [0.29, 0.717) is 13.4 Å². The van der Waals surface area contributed by atoms with E-state index in [-0.39, 0.29) is 22.4 Å². The topological polar surface area (TPSA) is 92.7 Å². The largest absolute Gasteiger partial charge is 0.569 e. The molecule has 0 aliphatic carbocycles. The first-order valence-corrected chi connectivity index (χ1v) is 17.0. The minimum absolute atomic E-state index is 0.360. The second kappa shape index (κ2) is 14.7. The lowest BCUT2D eigenvalue weighted by Gasteiger charge is -2.32. The number of benzene rings is 4. The first kappa shape index (κ1) is 36.5. The van der Waals surface area contributed by atoms with Gasteiger partial charge in [-0.2, -0.15) is 0 Å². The molecule has 8 nitrogen and oxygen atoms in total. The van der Waals surface area contributed by atoms with Crippen molar-refractivity contribution in [2.24, 2.45) is 0 Å². The molecule has 2 aliphatic rings. The summed E-state index contributed by atoms with van der Waals surface area (Å²) in [5, 5.41) is 12.9. The highest BCUT2D eigenvalue weighted by Gasteiger charge is 2.63. The average Bonchev–Trinajstić information content (AvgIpc) is 3.75.